The molecule has 0 aliphatic heterocycles. The van der Waals surface area contributed by atoms with Crippen LogP contribution >= 0.6 is 23.2 Å². The van der Waals surface area contributed by atoms with E-state index in [1.165, 1.54) is 11.9 Å². The summed E-state index contributed by atoms with van der Waals surface area (Å²) < 4.78 is 4.78. The molecule has 4 nitrogen and oxygen atoms in total. The fourth-order valence-corrected chi connectivity index (χ4v) is 2.01. The van der Waals surface area contributed by atoms with Crippen molar-refractivity contribution in [2.24, 2.45) is 0 Å². The molecule has 0 aromatic heterocycles. The number of amides is 1. The van der Waals surface area contributed by atoms with Crippen LogP contribution in [-0.4, -0.2) is 37.0 Å². The summed E-state index contributed by atoms with van der Waals surface area (Å²) in [5.74, 6) is -0.688. The molecule has 19 heavy (non-hydrogen) atoms. The number of nitrogens with zero attached hydrogens (tertiary/aromatic N) is 1. The minimum Gasteiger partial charge on any atom is -0.465 e. The molecular formula is C13H15Cl2NO3. The number of benzene rings is 1. The van der Waals surface area contributed by atoms with Gasteiger partial charge in [0.25, 0.3) is 0 Å². The summed E-state index contributed by atoms with van der Waals surface area (Å²) in [6, 6.07) is 5.05. The Hall–Kier alpha value is -1.26. The van der Waals surface area contributed by atoms with E-state index in [0.717, 1.165) is 0 Å². The summed E-state index contributed by atoms with van der Waals surface area (Å²) in [4.78, 5) is 24.5. The highest BCUT2D eigenvalue weighted by Gasteiger charge is 2.16. The highest BCUT2D eigenvalue weighted by Crippen LogP contribution is 2.24. The topological polar surface area (TPSA) is 46.6 Å². The van der Waals surface area contributed by atoms with Gasteiger partial charge in [-0.1, -0.05) is 29.3 Å². The lowest BCUT2D eigenvalue weighted by atomic mass is 10.1. The second kappa shape index (κ2) is 7.36. The quantitative estimate of drug-likeness (QED) is 0.785. The number of likely N-dealkylation sites (N-methyl/N-ethyl adjacent to an activating group) is 1. The molecule has 104 valence electrons. The van der Waals surface area contributed by atoms with Crippen molar-refractivity contribution in [3.63, 3.8) is 0 Å². The Bertz CT molecular complexity index is 457. The van der Waals surface area contributed by atoms with Gasteiger partial charge in [0.15, 0.2) is 0 Å². The van der Waals surface area contributed by atoms with Crippen LogP contribution in [0.2, 0.25) is 10.0 Å². The monoisotopic (exact) mass is 303 g/mol. The minimum absolute atomic E-state index is 0.0500. The van der Waals surface area contributed by atoms with Gasteiger partial charge in [0.1, 0.15) is 6.54 Å². The highest BCUT2D eigenvalue weighted by atomic mass is 35.5. The van der Waals surface area contributed by atoms with E-state index < -0.39 is 5.97 Å². The van der Waals surface area contributed by atoms with Crippen molar-refractivity contribution in [1.29, 1.82) is 0 Å². The normalized spacial score (nSPS) is 10.1. The Kier molecular flexibility index (Phi) is 6.12. The maximum Gasteiger partial charge on any atom is 0.325 e. The lowest BCUT2D eigenvalue weighted by Crippen LogP contribution is -2.34. The first kappa shape index (κ1) is 15.8. The summed E-state index contributed by atoms with van der Waals surface area (Å²) in [6.07, 6.45) is 0.0500. The van der Waals surface area contributed by atoms with Crippen LogP contribution in [-0.2, 0) is 20.7 Å². The summed E-state index contributed by atoms with van der Waals surface area (Å²) in [7, 11) is 1.53. The van der Waals surface area contributed by atoms with Gasteiger partial charge >= 0.3 is 5.97 Å². The third-order valence-corrected chi connectivity index (χ3v) is 3.20. The summed E-state index contributed by atoms with van der Waals surface area (Å²) in [5.41, 5.74) is 0.562. The van der Waals surface area contributed by atoms with Crippen LogP contribution in [0, 0.1) is 0 Å². The summed E-state index contributed by atoms with van der Waals surface area (Å²) in [5, 5.41) is 0.871. The average Bonchev–Trinajstić information content (AvgIpc) is 2.34. The number of hydrogen-bond donors (Lipinski definition) is 0. The molecule has 1 aromatic carbocycles. The lowest BCUT2D eigenvalue weighted by Gasteiger charge is -2.16. The van der Waals surface area contributed by atoms with Crippen LogP contribution in [0.4, 0.5) is 0 Å². The molecule has 0 saturated heterocycles. The molecule has 0 N–H and O–H groups in total. The number of rotatable bonds is 5. The Morgan fingerprint density at radius 2 is 1.84 bits per heavy atom. The first-order chi connectivity index (χ1) is 8.95. The van der Waals surface area contributed by atoms with Gasteiger partial charge in [0.05, 0.1) is 13.0 Å². The molecule has 0 bridgehead atoms. The van der Waals surface area contributed by atoms with Crippen LogP contribution in [0.25, 0.3) is 0 Å². The second-order valence-electron chi connectivity index (χ2n) is 3.93. The van der Waals surface area contributed by atoms with Crippen LogP contribution in [0.1, 0.15) is 12.5 Å². The van der Waals surface area contributed by atoms with Crippen LogP contribution in [0.3, 0.4) is 0 Å². The number of hydrogen-bond acceptors (Lipinski definition) is 3. The Morgan fingerprint density at radius 1 is 1.26 bits per heavy atom. The highest BCUT2D eigenvalue weighted by molar-refractivity contribution is 6.36. The predicted molar refractivity (Wildman–Crippen MR) is 74.4 cm³/mol. The van der Waals surface area contributed by atoms with Crippen LogP contribution in [0.5, 0.6) is 0 Å². The first-order valence-corrected chi connectivity index (χ1v) is 6.53. The predicted octanol–water partition coefficient (Wildman–Crippen LogP) is 2.56. The van der Waals surface area contributed by atoms with Crippen molar-refractivity contribution in [1.82, 2.24) is 4.90 Å². The van der Waals surface area contributed by atoms with Crippen LogP contribution < -0.4 is 0 Å². The third-order valence-electron chi connectivity index (χ3n) is 2.49. The zero-order chi connectivity index (χ0) is 14.4. The van der Waals surface area contributed by atoms with E-state index in [1.54, 1.807) is 25.1 Å². The molecule has 0 aliphatic rings. The van der Waals surface area contributed by atoms with E-state index >= 15 is 0 Å². The number of carbonyl (C=O) groups is 2. The van der Waals surface area contributed by atoms with Crippen molar-refractivity contribution in [3.05, 3.63) is 33.8 Å². The fraction of sp³-hybridized carbons (Fsp3) is 0.385. The largest absolute Gasteiger partial charge is 0.465 e. The van der Waals surface area contributed by atoms with E-state index in [2.05, 4.69) is 0 Å². The van der Waals surface area contributed by atoms with Gasteiger partial charge < -0.3 is 9.64 Å². The molecule has 0 fully saturated rings. The Labute approximate surface area is 122 Å². The number of halogens is 2. The molecule has 0 atom stereocenters. The van der Waals surface area contributed by atoms with Crippen molar-refractivity contribution in [2.45, 2.75) is 13.3 Å². The molecule has 6 heteroatoms. The van der Waals surface area contributed by atoms with Gasteiger partial charge in [-0.15, -0.1) is 0 Å². The standard InChI is InChI=1S/C13H15Cl2NO3/c1-3-19-13(18)8-16(2)12(17)7-9-10(14)5-4-6-11(9)15/h4-6H,3,7-8H2,1-2H3. The Balaban J connectivity index is 2.66. The van der Waals surface area contributed by atoms with E-state index in [4.69, 9.17) is 27.9 Å². The SMILES string of the molecule is CCOC(=O)CN(C)C(=O)Cc1c(Cl)cccc1Cl. The molecule has 0 aliphatic carbocycles. The van der Waals surface area contributed by atoms with E-state index in [1.807, 2.05) is 0 Å². The van der Waals surface area contributed by atoms with Gasteiger partial charge in [-0.05, 0) is 24.6 Å². The zero-order valence-corrected chi connectivity index (χ0v) is 12.3. The van der Waals surface area contributed by atoms with Gasteiger partial charge in [-0.25, -0.2) is 0 Å². The number of esters is 1. The molecule has 0 unspecified atom stereocenters. The van der Waals surface area contributed by atoms with Gasteiger partial charge in [-0.3, -0.25) is 9.59 Å². The van der Waals surface area contributed by atoms with Crippen molar-refractivity contribution in [2.75, 3.05) is 20.2 Å². The maximum absolute atomic E-state index is 12.0. The van der Waals surface area contributed by atoms with Crippen molar-refractivity contribution >= 4 is 35.1 Å². The molecule has 1 aromatic rings. The number of carbonyl (C=O) groups excluding carboxylic acids is 2. The molecule has 1 rings (SSSR count). The lowest BCUT2D eigenvalue weighted by molar-refractivity contribution is -0.147. The molecule has 0 heterocycles. The van der Waals surface area contributed by atoms with Gasteiger partial charge in [0, 0.05) is 17.1 Å². The zero-order valence-electron chi connectivity index (χ0n) is 10.8. The summed E-state index contributed by atoms with van der Waals surface area (Å²) >= 11 is 12.0. The van der Waals surface area contributed by atoms with E-state index in [-0.39, 0.29) is 25.5 Å². The van der Waals surface area contributed by atoms with Crippen LogP contribution in [0.15, 0.2) is 18.2 Å². The van der Waals surface area contributed by atoms with Gasteiger partial charge in [-0.2, -0.15) is 0 Å². The van der Waals surface area contributed by atoms with E-state index in [0.29, 0.717) is 15.6 Å². The fourth-order valence-electron chi connectivity index (χ4n) is 1.48. The molecule has 0 spiro atoms. The van der Waals surface area contributed by atoms with E-state index in [9.17, 15) is 9.59 Å². The van der Waals surface area contributed by atoms with Crippen molar-refractivity contribution < 1.29 is 14.3 Å². The summed E-state index contributed by atoms with van der Waals surface area (Å²) in [6.45, 7) is 1.91. The molecule has 0 radical (unpaired) electrons. The average molecular weight is 304 g/mol. The Morgan fingerprint density at radius 3 is 2.37 bits per heavy atom. The van der Waals surface area contributed by atoms with Gasteiger partial charge in [0.2, 0.25) is 5.91 Å². The molecule has 1 amide bonds. The smallest absolute Gasteiger partial charge is 0.325 e. The molecule has 0 saturated carbocycles. The number of ether oxygens (including phenoxy) is 1. The van der Waals surface area contributed by atoms with Crippen molar-refractivity contribution in [3.8, 4) is 0 Å². The third kappa shape index (κ3) is 4.73. The maximum atomic E-state index is 12.0. The molecular weight excluding hydrogens is 289 g/mol. The second-order valence-corrected chi connectivity index (χ2v) is 4.75. The first-order valence-electron chi connectivity index (χ1n) is 5.78. The minimum atomic E-state index is -0.441.